The minimum absolute atomic E-state index is 0.109. The van der Waals surface area contributed by atoms with Gasteiger partial charge in [0.05, 0.1) is 28.4 Å². The van der Waals surface area contributed by atoms with Crippen molar-refractivity contribution in [2.24, 2.45) is 5.10 Å². The van der Waals surface area contributed by atoms with Gasteiger partial charge in [0, 0.05) is 41.2 Å². The maximum absolute atomic E-state index is 12.8. The molecule has 8 nitrogen and oxygen atoms in total. The van der Waals surface area contributed by atoms with E-state index in [4.69, 9.17) is 27.9 Å². The van der Waals surface area contributed by atoms with Crippen LogP contribution in [0.3, 0.4) is 0 Å². The molecule has 1 heterocycles. The fourth-order valence-corrected chi connectivity index (χ4v) is 4.80. The van der Waals surface area contributed by atoms with Crippen molar-refractivity contribution in [1.82, 2.24) is 9.99 Å². The van der Waals surface area contributed by atoms with Crippen LogP contribution in [0.25, 0.3) is 0 Å². The highest BCUT2D eigenvalue weighted by atomic mass is 35.5. The lowest BCUT2D eigenvalue weighted by Crippen LogP contribution is -2.19. The number of benzene rings is 2. The minimum Gasteiger partial charge on any atom is -0.383 e. The van der Waals surface area contributed by atoms with Crippen molar-refractivity contribution in [2.45, 2.75) is 25.3 Å². The molecule has 180 valence electrons. The quantitative estimate of drug-likeness (QED) is 0.316. The SMILES string of the molecule is COCCn1c(C)cc(C=NNC(=O)c2cccc(S(=O)(=O)Nc3cc(Cl)ccc3Cl)c2)c1C. The Labute approximate surface area is 208 Å². The molecule has 0 atom stereocenters. The number of sulfonamides is 1. The topological polar surface area (TPSA) is 102 Å². The molecule has 0 unspecified atom stereocenters. The molecular weight excluding hydrogens is 499 g/mol. The first-order chi connectivity index (χ1) is 16.1. The number of carbonyl (C=O) groups excluding carboxylic acids is 1. The van der Waals surface area contributed by atoms with E-state index in [1.165, 1.54) is 36.4 Å². The molecule has 3 rings (SSSR count). The fraction of sp³-hybridized carbons (Fsp3) is 0.217. The number of amides is 1. The number of hydrazone groups is 1. The third-order valence-electron chi connectivity index (χ3n) is 5.08. The summed E-state index contributed by atoms with van der Waals surface area (Å²) in [5.41, 5.74) is 5.59. The lowest BCUT2D eigenvalue weighted by atomic mass is 10.2. The Morgan fingerprint density at radius 2 is 1.91 bits per heavy atom. The van der Waals surface area contributed by atoms with E-state index in [0.29, 0.717) is 18.2 Å². The van der Waals surface area contributed by atoms with Gasteiger partial charge < -0.3 is 9.30 Å². The van der Waals surface area contributed by atoms with Crippen molar-refractivity contribution >= 4 is 51.0 Å². The number of aromatic nitrogens is 1. The van der Waals surface area contributed by atoms with Crippen LogP contribution in [0.15, 0.2) is 58.5 Å². The Morgan fingerprint density at radius 1 is 1.15 bits per heavy atom. The van der Waals surface area contributed by atoms with E-state index in [-0.39, 0.29) is 21.2 Å². The first kappa shape index (κ1) is 25.8. The zero-order valence-corrected chi connectivity index (χ0v) is 21.1. The van der Waals surface area contributed by atoms with Gasteiger partial charge in [-0.15, -0.1) is 0 Å². The standard InChI is InChI=1S/C23H24Cl2N4O4S/c1-15-11-18(16(2)29(15)9-10-33-3)14-26-27-23(30)17-5-4-6-20(12-17)34(31,32)28-22-13-19(24)7-8-21(22)25/h4-8,11-14,28H,9-10H2,1-3H3,(H,27,30). The van der Waals surface area contributed by atoms with Crippen molar-refractivity contribution in [1.29, 1.82) is 0 Å². The molecule has 2 aromatic carbocycles. The van der Waals surface area contributed by atoms with E-state index < -0.39 is 15.9 Å². The van der Waals surface area contributed by atoms with Crippen LogP contribution in [0.1, 0.15) is 27.3 Å². The van der Waals surface area contributed by atoms with Crippen LogP contribution in [0.5, 0.6) is 0 Å². The molecule has 1 aromatic heterocycles. The molecule has 1 amide bonds. The zero-order chi connectivity index (χ0) is 24.9. The van der Waals surface area contributed by atoms with Gasteiger partial charge in [-0.1, -0.05) is 29.3 Å². The second-order valence-electron chi connectivity index (χ2n) is 7.43. The molecule has 0 spiro atoms. The van der Waals surface area contributed by atoms with E-state index in [1.54, 1.807) is 19.4 Å². The predicted octanol–water partition coefficient (Wildman–Crippen LogP) is 4.62. The zero-order valence-electron chi connectivity index (χ0n) is 18.8. The first-order valence-corrected chi connectivity index (χ1v) is 12.4. The summed E-state index contributed by atoms with van der Waals surface area (Å²) in [6.45, 7) is 5.24. The van der Waals surface area contributed by atoms with Crippen molar-refractivity contribution in [2.75, 3.05) is 18.4 Å². The number of aryl methyl sites for hydroxylation is 1. The third kappa shape index (κ3) is 6.18. The number of hydrogen-bond donors (Lipinski definition) is 2. The van der Waals surface area contributed by atoms with Gasteiger partial charge in [0.2, 0.25) is 0 Å². The summed E-state index contributed by atoms with van der Waals surface area (Å²) < 4.78 is 35.2. The highest BCUT2D eigenvalue weighted by molar-refractivity contribution is 7.92. The molecule has 0 fully saturated rings. The fourth-order valence-electron chi connectivity index (χ4n) is 3.29. The lowest BCUT2D eigenvalue weighted by Gasteiger charge is -2.11. The number of anilines is 1. The van der Waals surface area contributed by atoms with Crippen molar-refractivity contribution in [3.8, 4) is 0 Å². The van der Waals surface area contributed by atoms with Crippen LogP contribution in [0.2, 0.25) is 10.0 Å². The van der Waals surface area contributed by atoms with E-state index in [1.807, 2.05) is 19.9 Å². The highest BCUT2D eigenvalue weighted by Crippen LogP contribution is 2.28. The van der Waals surface area contributed by atoms with Crippen molar-refractivity contribution in [3.05, 3.63) is 81.1 Å². The number of carbonyl (C=O) groups is 1. The number of methoxy groups -OCH3 is 1. The van der Waals surface area contributed by atoms with Crippen LogP contribution >= 0.6 is 23.2 Å². The van der Waals surface area contributed by atoms with Crippen LogP contribution < -0.4 is 10.1 Å². The third-order valence-corrected chi connectivity index (χ3v) is 7.01. The first-order valence-electron chi connectivity index (χ1n) is 10.2. The molecule has 0 aliphatic rings. The largest absolute Gasteiger partial charge is 0.383 e. The van der Waals surface area contributed by atoms with E-state index in [9.17, 15) is 13.2 Å². The van der Waals surface area contributed by atoms with Gasteiger partial charge in [0.1, 0.15) is 0 Å². The number of nitrogens with one attached hydrogen (secondary N) is 2. The molecule has 0 bridgehead atoms. The Kier molecular flexibility index (Phi) is 8.37. The molecule has 2 N–H and O–H groups in total. The average molecular weight is 523 g/mol. The highest BCUT2D eigenvalue weighted by Gasteiger charge is 2.18. The van der Waals surface area contributed by atoms with Gasteiger partial charge >= 0.3 is 0 Å². The van der Waals surface area contributed by atoms with E-state index >= 15 is 0 Å². The van der Waals surface area contributed by atoms with E-state index in [0.717, 1.165) is 17.0 Å². The second kappa shape index (κ2) is 11.1. The van der Waals surface area contributed by atoms with Gasteiger partial charge in [-0.25, -0.2) is 13.8 Å². The van der Waals surface area contributed by atoms with E-state index in [2.05, 4.69) is 19.8 Å². The molecule has 0 radical (unpaired) electrons. The van der Waals surface area contributed by atoms with Crippen molar-refractivity contribution in [3.63, 3.8) is 0 Å². The van der Waals surface area contributed by atoms with Crippen LogP contribution in [-0.2, 0) is 21.3 Å². The van der Waals surface area contributed by atoms with Gasteiger partial charge in [-0.05, 0) is 56.3 Å². The molecule has 11 heteroatoms. The summed E-state index contributed by atoms with van der Waals surface area (Å²) >= 11 is 12.0. The van der Waals surface area contributed by atoms with Gasteiger partial charge in [-0.3, -0.25) is 9.52 Å². The minimum atomic E-state index is -4.01. The molecule has 3 aromatic rings. The Hall–Kier alpha value is -2.85. The van der Waals surface area contributed by atoms with Crippen LogP contribution in [0.4, 0.5) is 5.69 Å². The number of nitrogens with zero attached hydrogens (tertiary/aromatic N) is 2. The van der Waals surface area contributed by atoms with Crippen molar-refractivity contribution < 1.29 is 17.9 Å². The Morgan fingerprint density at radius 3 is 2.65 bits per heavy atom. The molecule has 0 aliphatic carbocycles. The second-order valence-corrected chi connectivity index (χ2v) is 9.95. The number of hydrogen-bond acceptors (Lipinski definition) is 5. The monoisotopic (exact) mass is 522 g/mol. The summed E-state index contributed by atoms with van der Waals surface area (Å²) in [5, 5.41) is 4.55. The van der Waals surface area contributed by atoms with Gasteiger partial charge in [0.25, 0.3) is 15.9 Å². The lowest BCUT2D eigenvalue weighted by molar-refractivity contribution is 0.0955. The Balaban J connectivity index is 1.73. The van der Waals surface area contributed by atoms with Crippen LogP contribution in [0, 0.1) is 13.8 Å². The molecule has 0 saturated carbocycles. The maximum atomic E-state index is 12.8. The smallest absolute Gasteiger partial charge is 0.271 e. The summed E-state index contributed by atoms with van der Waals surface area (Å²) in [6, 6.07) is 12.0. The maximum Gasteiger partial charge on any atom is 0.271 e. The Bertz CT molecular complexity index is 1340. The average Bonchev–Trinajstić information content (AvgIpc) is 3.07. The van der Waals surface area contributed by atoms with Gasteiger partial charge in [-0.2, -0.15) is 5.10 Å². The number of ether oxygens (including phenoxy) is 1. The van der Waals surface area contributed by atoms with Gasteiger partial charge in [0.15, 0.2) is 0 Å². The number of rotatable bonds is 9. The summed E-state index contributed by atoms with van der Waals surface area (Å²) in [6.07, 6.45) is 1.55. The number of halogens is 2. The summed E-state index contributed by atoms with van der Waals surface area (Å²) in [4.78, 5) is 12.5. The van der Waals surface area contributed by atoms with Crippen LogP contribution in [-0.4, -0.2) is 38.8 Å². The summed E-state index contributed by atoms with van der Waals surface area (Å²) in [5.74, 6) is -0.553. The molecule has 34 heavy (non-hydrogen) atoms. The molecule has 0 saturated heterocycles. The normalized spacial score (nSPS) is 11.7. The predicted molar refractivity (Wildman–Crippen MR) is 135 cm³/mol. The molecule has 0 aliphatic heterocycles. The summed E-state index contributed by atoms with van der Waals surface area (Å²) in [7, 11) is -2.36. The molecular formula is C23H24Cl2N4O4S.